The smallest absolute Gasteiger partial charge is 0.310 e. The van der Waals surface area contributed by atoms with Crippen molar-refractivity contribution in [2.24, 2.45) is 5.41 Å². The summed E-state index contributed by atoms with van der Waals surface area (Å²) in [5, 5.41) is 11.0. The number of benzene rings is 1. The van der Waals surface area contributed by atoms with Crippen molar-refractivity contribution >= 4 is 39.1 Å². The van der Waals surface area contributed by atoms with E-state index in [4.69, 9.17) is 11.6 Å². The predicted molar refractivity (Wildman–Crippen MR) is 79.0 cm³/mol. The van der Waals surface area contributed by atoms with Crippen molar-refractivity contribution in [1.29, 1.82) is 0 Å². The molecule has 0 fully saturated rings. The highest BCUT2D eigenvalue weighted by Crippen LogP contribution is 2.34. The molecule has 1 N–H and O–H groups in total. The molecule has 0 saturated heterocycles. The molecule has 2 rings (SSSR count). The van der Waals surface area contributed by atoms with Crippen LogP contribution in [0.1, 0.15) is 31.7 Å². The van der Waals surface area contributed by atoms with Gasteiger partial charge in [-0.2, -0.15) is 0 Å². The molecule has 2 aromatic rings. The molecule has 0 spiro atoms. The summed E-state index contributed by atoms with van der Waals surface area (Å²) < 4.78 is 1.05. The summed E-state index contributed by atoms with van der Waals surface area (Å²) in [6.07, 6.45) is 1.69. The van der Waals surface area contributed by atoms with Gasteiger partial charge in [0.2, 0.25) is 0 Å². The zero-order valence-corrected chi connectivity index (χ0v) is 12.5. The molecular formula is C14H16ClNO2S. The maximum absolute atomic E-state index is 11.5. The van der Waals surface area contributed by atoms with E-state index in [2.05, 4.69) is 4.98 Å². The molecule has 19 heavy (non-hydrogen) atoms. The quantitative estimate of drug-likeness (QED) is 0.891. The second kappa shape index (κ2) is 5.47. The van der Waals surface area contributed by atoms with Crippen molar-refractivity contribution in [1.82, 2.24) is 4.98 Å². The van der Waals surface area contributed by atoms with Gasteiger partial charge < -0.3 is 5.11 Å². The van der Waals surface area contributed by atoms with Crippen molar-refractivity contribution in [3.63, 3.8) is 0 Å². The van der Waals surface area contributed by atoms with Crippen molar-refractivity contribution in [2.75, 3.05) is 0 Å². The largest absolute Gasteiger partial charge is 0.481 e. The third-order valence-corrected chi connectivity index (χ3v) is 4.96. The molecule has 0 aliphatic rings. The van der Waals surface area contributed by atoms with Crippen LogP contribution in [0.4, 0.5) is 0 Å². The minimum atomic E-state index is -0.741. The van der Waals surface area contributed by atoms with Gasteiger partial charge in [-0.05, 0) is 31.0 Å². The Morgan fingerprint density at radius 1 is 1.42 bits per heavy atom. The summed E-state index contributed by atoms with van der Waals surface area (Å²) in [4.78, 5) is 16.0. The van der Waals surface area contributed by atoms with Crippen LogP contribution in [0.3, 0.4) is 0 Å². The van der Waals surface area contributed by atoms with Gasteiger partial charge in [0, 0.05) is 11.4 Å². The van der Waals surface area contributed by atoms with Gasteiger partial charge in [-0.25, -0.2) is 4.98 Å². The Balaban J connectivity index is 2.36. The van der Waals surface area contributed by atoms with Crippen molar-refractivity contribution in [2.45, 2.75) is 33.1 Å². The van der Waals surface area contributed by atoms with Crippen LogP contribution in [-0.4, -0.2) is 16.1 Å². The molecule has 0 aliphatic heterocycles. The molecule has 0 atom stereocenters. The van der Waals surface area contributed by atoms with Crippen LogP contribution < -0.4 is 0 Å². The number of aliphatic carboxylic acids is 1. The Bertz CT molecular complexity index is 605. The number of carboxylic acids is 1. The first kappa shape index (κ1) is 14.3. The highest BCUT2D eigenvalue weighted by atomic mass is 35.5. The fourth-order valence-electron chi connectivity index (χ4n) is 2.19. The van der Waals surface area contributed by atoms with Crippen LogP contribution in [0.2, 0.25) is 5.02 Å². The number of nitrogens with zero attached hydrogens (tertiary/aromatic N) is 1. The fourth-order valence-corrected chi connectivity index (χ4v) is 3.45. The van der Waals surface area contributed by atoms with Crippen LogP contribution in [-0.2, 0) is 11.2 Å². The van der Waals surface area contributed by atoms with E-state index in [0.29, 0.717) is 24.3 Å². The topological polar surface area (TPSA) is 50.2 Å². The van der Waals surface area contributed by atoms with Crippen molar-refractivity contribution < 1.29 is 9.90 Å². The van der Waals surface area contributed by atoms with Gasteiger partial charge in [0.15, 0.2) is 0 Å². The van der Waals surface area contributed by atoms with Crippen LogP contribution in [0.15, 0.2) is 18.2 Å². The Morgan fingerprint density at radius 2 is 2.11 bits per heavy atom. The van der Waals surface area contributed by atoms with E-state index in [1.807, 2.05) is 32.0 Å². The van der Waals surface area contributed by atoms with Gasteiger partial charge in [0.05, 0.1) is 20.6 Å². The average molecular weight is 298 g/mol. The Labute approximate surface area is 121 Å². The molecule has 0 saturated carbocycles. The summed E-state index contributed by atoms with van der Waals surface area (Å²) in [5.41, 5.74) is 0.136. The number of aromatic nitrogens is 1. The number of hydrogen-bond acceptors (Lipinski definition) is 3. The van der Waals surface area contributed by atoms with E-state index in [1.165, 1.54) is 0 Å². The monoisotopic (exact) mass is 297 g/mol. The van der Waals surface area contributed by atoms with Crippen LogP contribution in [0, 0.1) is 5.41 Å². The molecule has 0 bridgehead atoms. The van der Waals surface area contributed by atoms with Gasteiger partial charge in [0.1, 0.15) is 0 Å². The number of carboxylic acid groups (broad SMARTS) is 1. The summed E-state index contributed by atoms with van der Waals surface area (Å²) in [7, 11) is 0. The lowest BCUT2D eigenvalue weighted by Gasteiger charge is -2.25. The first-order valence-corrected chi connectivity index (χ1v) is 7.48. The van der Waals surface area contributed by atoms with Crippen LogP contribution >= 0.6 is 22.9 Å². The van der Waals surface area contributed by atoms with Gasteiger partial charge >= 0.3 is 5.97 Å². The fraction of sp³-hybridized carbons (Fsp3) is 0.429. The maximum atomic E-state index is 11.5. The zero-order valence-electron chi connectivity index (χ0n) is 10.9. The van der Waals surface area contributed by atoms with E-state index in [1.54, 1.807) is 11.3 Å². The molecule has 3 nitrogen and oxygen atoms in total. The minimum absolute atomic E-state index is 0.478. The second-order valence-electron chi connectivity index (χ2n) is 4.69. The molecule has 102 valence electrons. The van der Waals surface area contributed by atoms with Crippen molar-refractivity contribution in [3.8, 4) is 0 Å². The normalized spacial score (nSPS) is 11.9. The average Bonchev–Trinajstić information content (AvgIpc) is 2.77. The molecule has 1 heterocycles. The summed E-state index contributed by atoms with van der Waals surface area (Å²) in [6.45, 7) is 3.84. The molecule has 1 aromatic heterocycles. The highest BCUT2D eigenvalue weighted by Gasteiger charge is 2.36. The highest BCUT2D eigenvalue weighted by molar-refractivity contribution is 7.18. The van der Waals surface area contributed by atoms with Crippen LogP contribution in [0.5, 0.6) is 0 Å². The number of hydrogen-bond donors (Lipinski definition) is 1. The molecular weight excluding hydrogens is 282 g/mol. The number of fused-ring (bicyclic) bond motifs is 1. The number of carbonyl (C=O) groups is 1. The molecule has 0 aliphatic carbocycles. The van der Waals surface area contributed by atoms with E-state index in [0.717, 1.165) is 15.2 Å². The van der Waals surface area contributed by atoms with Crippen molar-refractivity contribution in [3.05, 3.63) is 28.2 Å². The summed E-state index contributed by atoms with van der Waals surface area (Å²) in [6, 6.07) is 5.58. The Morgan fingerprint density at radius 3 is 2.68 bits per heavy atom. The van der Waals surface area contributed by atoms with E-state index < -0.39 is 11.4 Å². The molecule has 1 aromatic carbocycles. The third kappa shape index (κ3) is 2.74. The zero-order chi connectivity index (χ0) is 14.0. The maximum Gasteiger partial charge on any atom is 0.310 e. The van der Waals surface area contributed by atoms with Gasteiger partial charge in [0.25, 0.3) is 0 Å². The summed E-state index contributed by atoms with van der Waals surface area (Å²) in [5.74, 6) is -0.741. The van der Waals surface area contributed by atoms with Gasteiger partial charge in [-0.3, -0.25) is 4.79 Å². The minimum Gasteiger partial charge on any atom is -0.481 e. The second-order valence-corrected chi connectivity index (χ2v) is 6.24. The number of thiazole rings is 1. The molecule has 0 unspecified atom stereocenters. The number of halogens is 1. The van der Waals surface area contributed by atoms with Gasteiger partial charge in [-0.1, -0.05) is 25.4 Å². The summed E-state index contributed by atoms with van der Waals surface area (Å²) >= 11 is 7.48. The van der Waals surface area contributed by atoms with E-state index >= 15 is 0 Å². The third-order valence-electron chi connectivity index (χ3n) is 3.69. The lowest BCUT2D eigenvalue weighted by atomic mass is 9.79. The number of rotatable bonds is 5. The van der Waals surface area contributed by atoms with E-state index in [9.17, 15) is 9.90 Å². The Kier molecular flexibility index (Phi) is 4.11. The molecule has 0 radical (unpaired) electrons. The first-order valence-electron chi connectivity index (χ1n) is 6.29. The lowest BCUT2D eigenvalue weighted by Crippen LogP contribution is -2.32. The van der Waals surface area contributed by atoms with Gasteiger partial charge in [-0.15, -0.1) is 11.3 Å². The Hall–Kier alpha value is -1.13. The SMILES string of the molecule is CCC(CC)(Cc1nc2cc(Cl)ccc2s1)C(=O)O. The molecule has 5 heteroatoms. The lowest BCUT2D eigenvalue weighted by molar-refractivity contribution is -0.149. The van der Waals surface area contributed by atoms with E-state index in [-0.39, 0.29) is 0 Å². The standard InChI is InChI=1S/C14H16ClNO2S/c1-3-14(4-2,13(17)18)8-12-16-10-7-9(15)5-6-11(10)19-12/h5-7H,3-4,8H2,1-2H3,(H,17,18). The first-order chi connectivity index (χ1) is 9.00. The predicted octanol–water partition coefficient (Wildman–Crippen LogP) is 4.38. The van der Waals surface area contributed by atoms with Crippen LogP contribution in [0.25, 0.3) is 10.2 Å². The molecule has 0 amide bonds.